The summed E-state index contributed by atoms with van der Waals surface area (Å²) < 4.78 is 40.5. The Labute approximate surface area is 198 Å². The summed E-state index contributed by atoms with van der Waals surface area (Å²) in [5.41, 5.74) is 1.78. The van der Waals surface area contributed by atoms with E-state index < -0.39 is 10.0 Å². The van der Waals surface area contributed by atoms with Crippen LogP contribution in [0.4, 0.5) is 5.69 Å². The van der Waals surface area contributed by atoms with Gasteiger partial charge in [0.1, 0.15) is 0 Å². The average molecular weight is 488 g/mol. The molecule has 1 aromatic carbocycles. The smallest absolute Gasteiger partial charge is 0.243 e. The molecular weight excluding hydrogens is 458 g/mol. The number of hydrogen-bond acceptors (Lipinski definition) is 6. The summed E-state index contributed by atoms with van der Waals surface area (Å²) in [6.45, 7) is 2.57. The lowest BCUT2D eigenvalue weighted by Gasteiger charge is -2.26. The fraction of sp³-hybridized carbons (Fsp3) is 0.458. The third-order valence-electron chi connectivity index (χ3n) is 6.41. The van der Waals surface area contributed by atoms with Crippen LogP contribution in [0.3, 0.4) is 0 Å². The zero-order valence-electron chi connectivity index (χ0n) is 18.6. The summed E-state index contributed by atoms with van der Waals surface area (Å²) in [5.74, 6) is 1.48. The lowest BCUT2D eigenvalue weighted by Crippen LogP contribution is -2.40. The van der Waals surface area contributed by atoms with E-state index >= 15 is 0 Å². The number of morpholine rings is 1. The van der Waals surface area contributed by atoms with E-state index in [1.165, 1.54) is 36.4 Å². The van der Waals surface area contributed by atoms with E-state index in [4.69, 9.17) is 14.1 Å². The largest absolute Gasteiger partial charge is 0.463 e. The van der Waals surface area contributed by atoms with Crippen molar-refractivity contribution in [2.24, 2.45) is 10.9 Å². The summed E-state index contributed by atoms with van der Waals surface area (Å²) in [6.07, 6.45) is 8.09. The van der Waals surface area contributed by atoms with Gasteiger partial charge in [0.15, 0.2) is 10.6 Å². The molecule has 1 saturated heterocycles. The summed E-state index contributed by atoms with van der Waals surface area (Å²) in [4.78, 5) is 6.08. The van der Waals surface area contributed by atoms with Crippen LogP contribution >= 0.6 is 11.3 Å². The molecule has 0 atom stereocenters. The maximum Gasteiger partial charge on any atom is 0.243 e. The molecule has 3 aromatic rings. The normalized spacial score (nSPS) is 19.2. The summed E-state index contributed by atoms with van der Waals surface area (Å²) in [5, 5.41) is 2.09. The molecule has 2 aromatic heterocycles. The van der Waals surface area contributed by atoms with E-state index in [2.05, 4.69) is 9.95 Å². The van der Waals surface area contributed by atoms with E-state index in [0.29, 0.717) is 37.1 Å². The topological polar surface area (TPSA) is 77.0 Å². The van der Waals surface area contributed by atoms with Crippen LogP contribution in [0, 0.1) is 5.92 Å². The Morgan fingerprint density at radius 1 is 1.03 bits per heavy atom. The molecular formula is C24H29N3O4S2. The fourth-order valence-corrected chi connectivity index (χ4v) is 6.91. The van der Waals surface area contributed by atoms with Gasteiger partial charge in [0.25, 0.3) is 0 Å². The number of hydrogen-bond donors (Lipinski definition) is 0. The number of thiazole rings is 1. The van der Waals surface area contributed by atoms with Crippen LogP contribution in [0.5, 0.6) is 0 Å². The van der Waals surface area contributed by atoms with Crippen molar-refractivity contribution in [1.82, 2.24) is 8.87 Å². The van der Waals surface area contributed by atoms with Crippen molar-refractivity contribution >= 4 is 27.0 Å². The van der Waals surface area contributed by atoms with Gasteiger partial charge in [-0.2, -0.15) is 4.31 Å². The van der Waals surface area contributed by atoms with Crippen molar-refractivity contribution < 1.29 is 17.6 Å². The molecule has 33 heavy (non-hydrogen) atoms. The van der Waals surface area contributed by atoms with Crippen LogP contribution in [0.15, 0.2) is 62.3 Å². The Morgan fingerprint density at radius 2 is 1.79 bits per heavy atom. The first-order valence-corrected chi connectivity index (χ1v) is 13.9. The number of ether oxygens (including phenoxy) is 1. The molecule has 0 spiro atoms. The standard InChI is InChI=1S/C24H29N3O4S2/c28-33(29,26-12-15-30-16-13-26)21-10-8-20(9-11-21)25-24-27(17-19-5-2-1-3-6-19)22(18-32-24)23-7-4-14-31-23/h4,7-11,14,18-19H,1-3,5-6,12-13,15-17H2. The minimum Gasteiger partial charge on any atom is -0.463 e. The minimum absolute atomic E-state index is 0.292. The minimum atomic E-state index is -3.51. The maximum absolute atomic E-state index is 12.9. The average Bonchev–Trinajstić information content (AvgIpc) is 3.51. The van der Waals surface area contributed by atoms with E-state index in [1.807, 2.05) is 12.1 Å². The zero-order chi connectivity index (χ0) is 22.7. The molecule has 3 heterocycles. The van der Waals surface area contributed by atoms with E-state index in [1.54, 1.807) is 41.9 Å². The number of sulfonamides is 1. The fourth-order valence-electron chi connectivity index (χ4n) is 4.58. The highest BCUT2D eigenvalue weighted by atomic mass is 32.2. The molecule has 176 valence electrons. The van der Waals surface area contributed by atoms with Gasteiger partial charge in [0.2, 0.25) is 10.0 Å². The monoisotopic (exact) mass is 487 g/mol. The molecule has 0 unspecified atom stereocenters. The predicted molar refractivity (Wildman–Crippen MR) is 128 cm³/mol. The second-order valence-electron chi connectivity index (χ2n) is 8.62. The Hall–Kier alpha value is -2.20. The van der Waals surface area contributed by atoms with Crippen LogP contribution in [0.2, 0.25) is 0 Å². The van der Waals surface area contributed by atoms with Crippen molar-refractivity contribution in [1.29, 1.82) is 0 Å². The Morgan fingerprint density at radius 3 is 2.48 bits per heavy atom. The number of furan rings is 1. The van der Waals surface area contributed by atoms with Crippen molar-refractivity contribution in [2.45, 2.75) is 43.5 Å². The summed E-state index contributed by atoms with van der Waals surface area (Å²) in [7, 11) is -3.51. The lowest BCUT2D eigenvalue weighted by atomic mass is 9.89. The van der Waals surface area contributed by atoms with Gasteiger partial charge in [-0.05, 0) is 55.2 Å². The van der Waals surface area contributed by atoms with Gasteiger partial charge in [0.05, 0.1) is 35.8 Å². The first kappa shape index (κ1) is 22.6. The number of nitrogens with zero attached hydrogens (tertiary/aromatic N) is 3. The molecule has 0 bridgehead atoms. The molecule has 1 aliphatic heterocycles. The van der Waals surface area contributed by atoms with Crippen LogP contribution in [0.1, 0.15) is 32.1 Å². The molecule has 1 aliphatic carbocycles. The molecule has 5 rings (SSSR count). The van der Waals surface area contributed by atoms with Gasteiger partial charge in [-0.3, -0.25) is 0 Å². The van der Waals surface area contributed by atoms with Gasteiger partial charge in [-0.25, -0.2) is 13.4 Å². The molecule has 0 amide bonds. The highest BCUT2D eigenvalue weighted by molar-refractivity contribution is 7.89. The van der Waals surface area contributed by atoms with Crippen molar-refractivity contribution in [3.8, 4) is 11.5 Å². The third-order valence-corrected chi connectivity index (χ3v) is 9.18. The van der Waals surface area contributed by atoms with E-state index in [0.717, 1.165) is 28.5 Å². The number of rotatable bonds is 6. The molecule has 1 saturated carbocycles. The summed E-state index contributed by atoms with van der Waals surface area (Å²) in [6, 6.07) is 10.7. The molecule has 0 N–H and O–H groups in total. The van der Waals surface area contributed by atoms with E-state index in [-0.39, 0.29) is 0 Å². The van der Waals surface area contributed by atoms with Gasteiger partial charge < -0.3 is 13.7 Å². The third kappa shape index (κ3) is 5.01. The molecule has 2 fully saturated rings. The predicted octanol–water partition coefficient (Wildman–Crippen LogP) is 4.64. The molecule has 9 heteroatoms. The number of aromatic nitrogens is 1. The van der Waals surface area contributed by atoms with Gasteiger partial charge in [0, 0.05) is 25.0 Å². The first-order chi connectivity index (χ1) is 16.1. The quantitative estimate of drug-likeness (QED) is 0.507. The summed E-state index contributed by atoms with van der Waals surface area (Å²) >= 11 is 1.59. The Kier molecular flexibility index (Phi) is 6.82. The second-order valence-corrected chi connectivity index (χ2v) is 11.4. The molecule has 2 aliphatic rings. The van der Waals surface area contributed by atoms with E-state index in [9.17, 15) is 8.42 Å². The van der Waals surface area contributed by atoms with Gasteiger partial charge >= 0.3 is 0 Å². The zero-order valence-corrected chi connectivity index (χ0v) is 20.2. The Bertz CT molecular complexity index is 1220. The van der Waals surface area contributed by atoms with Crippen LogP contribution < -0.4 is 4.80 Å². The number of benzene rings is 1. The van der Waals surface area contributed by atoms with Crippen LogP contribution in [-0.4, -0.2) is 43.6 Å². The van der Waals surface area contributed by atoms with Crippen molar-refractivity contribution in [2.75, 3.05) is 26.3 Å². The Balaban J connectivity index is 1.45. The van der Waals surface area contributed by atoms with Crippen LogP contribution in [0.25, 0.3) is 11.5 Å². The highest BCUT2D eigenvalue weighted by Gasteiger charge is 2.26. The van der Waals surface area contributed by atoms with Gasteiger partial charge in [-0.1, -0.05) is 19.3 Å². The molecule has 0 radical (unpaired) electrons. The lowest BCUT2D eigenvalue weighted by molar-refractivity contribution is 0.0730. The van der Waals surface area contributed by atoms with Crippen molar-refractivity contribution in [3.05, 3.63) is 52.8 Å². The maximum atomic E-state index is 12.9. The highest BCUT2D eigenvalue weighted by Crippen LogP contribution is 2.28. The molecule has 7 nitrogen and oxygen atoms in total. The van der Waals surface area contributed by atoms with Crippen molar-refractivity contribution in [3.63, 3.8) is 0 Å². The SMILES string of the molecule is O=S(=O)(c1ccc(N=c2scc(-c3ccco3)n2CC2CCCCC2)cc1)N1CCOCC1. The van der Waals surface area contributed by atoms with Gasteiger partial charge in [-0.15, -0.1) is 11.3 Å². The first-order valence-electron chi connectivity index (χ1n) is 11.6. The second kappa shape index (κ2) is 9.97. The van der Waals surface area contributed by atoms with Crippen LogP contribution in [-0.2, 0) is 21.3 Å².